The van der Waals surface area contributed by atoms with Crippen LogP contribution in [0.5, 0.6) is 0 Å². The van der Waals surface area contributed by atoms with E-state index in [0.29, 0.717) is 22.6 Å². The number of rotatable bonds is 3. The zero-order valence-corrected chi connectivity index (χ0v) is 15.3. The standard InChI is InChI=1S/C18H15FIN3O/c1-11-17(18(24)21-15-7-5-14(20)6-8-15)12(2)23(22-11)16-9-3-13(19)4-10-16/h3-10H,1-2H3,(H,21,24). The summed E-state index contributed by atoms with van der Waals surface area (Å²) in [6.07, 6.45) is 0. The number of carbonyl (C=O) groups is 1. The molecule has 6 heteroatoms. The molecule has 1 heterocycles. The molecule has 0 bridgehead atoms. The molecule has 0 radical (unpaired) electrons. The van der Waals surface area contributed by atoms with Gasteiger partial charge in [0.15, 0.2) is 0 Å². The molecule has 122 valence electrons. The molecule has 1 amide bonds. The molecule has 1 aromatic heterocycles. The van der Waals surface area contributed by atoms with Crippen molar-refractivity contribution in [1.82, 2.24) is 9.78 Å². The number of hydrogen-bond acceptors (Lipinski definition) is 2. The quantitative estimate of drug-likeness (QED) is 0.617. The van der Waals surface area contributed by atoms with Crippen LogP contribution in [0, 0.1) is 23.2 Å². The van der Waals surface area contributed by atoms with Crippen molar-refractivity contribution in [2.45, 2.75) is 13.8 Å². The van der Waals surface area contributed by atoms with Crippen LogP contribution in [0.15, 0.2) is 48.5 Å². The number of nitrogens with one attached hydrogen (secondary N) is 1. The summed E-state index contributed by atoms with van der Waals surface area (Å²) in [4.78, 5) is 12.6. The van der Waals surface area contributed by atoms with Gasteiger partial charge in [-0.05, 0) is 85.0 Å². The van der Waals surface area contributed by atoms with Crippen molar-refractivity contribution in [3.8, 4) is 5.69 Å². The number of aromatic nitrogens is 2. The van der Waals surface area contributed by atoms with Crippen LogP contribution < -0.4 is 5.32 Å². The molecule has 2 aromatic carbocycles. The van der Waals surface area contributed by atoms with Crippen molar-refractivity contribution in [2.24, 2.45) is 0 Å². The second-order valence-corrected chi connectivity index (χ2v) is 6.64. The van der Waals surface area contributed by atoms with Gasteiger partial charge in [-0.25, -0.2) is 9.07 Å². The molecular weight excluding hydrogens is 420 g/mol. The lowest BCUT2D eigenvalue weighted by atomic mass is 10.1. The predicted octanol–water partition coefficient (Wildman–Crippen LogP) is 4.49. The number of nitrogens with zero attached hydrogens (tertiary/aromatic N) is 2. The zero-order valence-electron chi connectivity index (χ0n) is 13.2. The minimum atomic E-state index is -0.308. The van der Waals surface area contributed by atoms with Gasteiger partial charge >= 0.3 is 0 Å². The van der Waals surface area contributed by atoms with E-state index in [1.165, 1.54) is 12.1 Å². The average molecular weight is 435 g/mol. The Morgan fingerprint density at radius 2 is 1.71 bits per heavy atom. The van der Waals surface area contributed by atoms with Crippen LogP contribution in [0.3, 0.4) is 0 Å². The molecule has 0 atom stereocenters. The maximum atomic E-state index is 13.1. The second-order valence-electron chi connectivity index (χ2n) is 5.40. The SMILES string of the molecule is Cc1nn(-c2ccc(F)cc2)c(C)c1C(=O)Nc1ccc(I)cc1. The lowest BCUT2D eigenvalue weighted by Crippen LogP contribution is -2.14. The summed E-state index contributed by atoms with van der Waals surface area (Å²) in [6, 6.07) is 13.6. The van der Waals surface area contributed by atoms with Crippen molar-refractivity contribution in [1.29, 1.82) is 0 Å². The maximum absolute atomic E-state index is 13.1. The van der Waals surface area contributed by atoms with E-state index in [0.717, 1.165) is 9.26 Å². The van der Waals surface area contributed by atoms with E-state index in [2.05, 4.69) is 33.0 Å². The number of amides is 1. The van der Waals surface area contributed by atoms with Crippen LogP contribution >= 0.6 is 22.6 Å². The van der Waals surface area contributed by atoms with Gasteiger partial charge < -0.3 is 5.32 Å². The molecule has 0 spiro atoms. The first-order valence-corrected chi connectivity index (χ1v) is 8.42. The van der Waals surface area contributed by atoms with Gasteiger partial charge in [0, 0.05) is 9.26 Å². The third kappa shape index (κ3) is 3.33. The van der Waals surface area contributed by atoms with Gasteiger partial charge in [-0.3, -0.25) is 4.79 Å². The summed E-state index contributed by atoms with van der Waals surface area (Å²) in [5, 5.41) is 7.30. The molecule has 0 aliphatic heterocycles. The Labute approximate surface area is 152 Å². The van der Waals surface area contributed by atoms with Crippen molar-refractivity contribution in [2.75, 3.05) is 5.32 Å². The Hall–Kier alpha value is -2.22. The van der Waals surface area contributed by atoms with Crippen molar-refractivity contribution < 1.29 is 9.18 Å². The van der Waals surface area contributed by atoms with Gasteiger partial charge in [-0.2, -0.15) is 5.10 Å². The molecule has 3 aromatic rings. The summed E-state index contributed by atoms with van der Waals surface area (Å²) in [5.41, 5.74) is 3.30. The largest absolute Gasteiger partial charge is 0.322 e. The second kappa shape index (κ2) is 6.72. The van der Waals surface area contributed by atoms with Gasteiger partial charge in [0.1, 0.15) is 5.82 Å². The number of halogens is 2. The van der Waals surface area contributed by atoms with Crippen LogP contribution in [0.1, 0.15) is 21.7 Å². The van der Waals surface area contributed by atoms with Gasteiger partial charge in [-0.15, -0.1) is 0 Å². The number of carbonyl (C=O) groups excluding carboxylic acids is 1. The molecule has 0 aliphatic rings. The maximum Gasteiger partial charge on any atom is 0.259 e. The molecular formula is C18H15FIN3O. The minimum absolute atomic E-state index is 0.209. The van der Waals surface area contributed by atoms with E-state index in [1.807, 2.05) is 31.2 Å². The van der Waals surface area contributed by atoms with E-state index in [-0.39, 0.29) is 11.7 Å². The van der Waals surface area contributed by atoms with Crippen LogP contribution in [0.25, 0.3) is 5.69 Å². The van der Waals surface area contributed by atoms with Crippen molar-refractivity contribution >= 4 is 34.2 Å². The molecule has 0 unspecified atom stereocenters. The first-order chi connectivity index (χ1) is 11.5. The van der Waals surface area contributed by atoms with Crippen LogP contribution in [-0.4, -0.2) is 15.7 Å². The lowest BCUT2D eigenvalue weighted by molar-refractivity contribution is 0.102. The molecule has 0 fully saturated rings. The summed E-state index contributed by atoms with van der Waals surface area (Å²) in [6.45, 7) is 3.61. The van der Waals surface area contributed by atoms with E-state index in [1.54, 1.807) is 23.7 Å². The Morgan fingerprint density at radius 1 is 1.08 bits per heavy atom. The third-order valence-electron chi connectivity index (χ3n) is 3.69. The smallest absolute Gasteiger partial charge is 0.259 e. The van der Waals surface area contributed by atoms with Gasteiger partial charge in [0.2, 0.25) is 0 Å². The first-order valence-electron chi connectivity index (χ1n) is 7.35. The van der Waals surface area contributed by atoms with Gasteiger partial charge in [0.05, 0.1) is 22.6 Å². The summed E-state index contributed by atoms with van der Waals surface area (Å²) in [7, 11) is 0. The average Bonchev–Trinajstić information content (AvgIpc) is 2.85. The molecule has 0 aliphatic carbocycles. The fourth-order valence-electron chi connectivity index (χ4n) is 2.53. The van der Waals surface area contributed by atoms with Crippen LogP contribution in [0.2, 0.25) is 0 Å². The Morgan fingerprint density at radius 3 is 2.33 bits per heavy atom. The lowest BCUT2D eigenvalue weighted by Gasteiger charge is -2.07. The monoisotopic (exact) mass is 435 g/mol. The number of hydrogen-bond donors (Lipinski definition) is 1. The highest BCUT2D eigenvalue weighted by Crippen LogP contribution is 2.20. The molecule has 24 heavy (non-hydrogen) atoms. The van der Waals surface area contributed by atoms with Crippen molar-refractivity contribution in [3.63, 3.8) is 0 Å². The highest BCUT2D eigenvalue weighted by Gasteiger charge is 2.19. The number of aryl methyl sites for hydroxylation is 1. The van der Waals surface area contributed by atoms with Crippen LogP contribution in [-0.2, 0) is 0 Å². The fraction of sp³-hybridized carbons (Fsp3) is 0.111. The van der Waals surface area contributed by atoms with Gasteiger partial charge in [-0.1, -0.05) is 0 Å². The third-order valence-corrected chi connectivity index (χ3v) is 4.41. The number of benzene rings is 2. The molecule has 1 N–H and O–H groups in total. The van der Waals surface area contributed by atoms with Gasteiger partial charge in [0.25, 0.3) is 5.91 Å². The minimum Gasteiger partial charge on any atom is -0.322 e. The fourth-order valence-corrected chi connectivity index (χ4v) is 2.89. The molecule has 3 rings (SSSR count). The first kappa shape index (κ1) is 16.6. The molecule has 4 nitrogen and oxygen atoms in total. The normalized spacial score (nSPS) is 10.7. The van der Waals surface area contributed by atoms with E-state index < -0.39 is 0 Å². The molecule has 0 saturated heterocycles. The Kier molecular flexibility index (Phi) is 4.66. The van der Waals surface area contributed by atoms with E-state index >= 15 is 0 Å². The highest BCUT2D eigenvalue weighted by molar-refractivity contribution is 14.1. The van der Waals surface area contributed by atoms with E-state index in [4.69, 9.17) is 0 Å². The van der Waals surface area contributed by atoms with E-state index in [9.17, 15) is 9.18 Å². The summed E-state index contributed by atoms with van der Waals surface area (Å²) >= 11 is 2.21. The van der Waals surface area contributed by atoms with Crippen LogP contribution in [0.4, 0.5) is 10.1 Å². The summed E-state index contributed by atoms with van der Waals surface area (Å²) in [5.74, 6) is -0.517. The Bertz CT molecular complexity index is 886. The molecule has 0 saturated carbocycles. The van der Waals surface area contributed by atoms with Crippen molar-refractivity contribution in [3.05, 3.63) is 74.9 Å². The highest BCUT2D eigenvalue weighted by atomic mass is 127. The topological polar surface area (TPSA) is 46.9 Å². The number of anilines is 1. The Balaban J connectivity index is 1.92. The zero-order chi connectivity index (χ0) is 17.3. The predicted molar refractivity (Wildman–Crippen MR) is 100 cm³/mol. The summed E-state index contributed by atoms with van der Waals surface area (Å²) < 4.78 is 15.8.